The lowest BCUT2D eigenvalue weighted by Crippen LogP contribution is -1.94. The zero-order chi connectivity index (χ0) is 17.5. The lowest BCUT2D eigenvalue weighted by atomic mass is 9.98. The van der Waals surface area contributed by atoms with E-state index in [1.807, 2.05) is 18.4 Å². The molecule has 1 heterocycles. The molecule has 3 nitrogen and oxygen atoms in total. The van der Waals surface area contributed by atoms with Crippen LogP contribution in [0.5, 0.6) is 0 Å². The first-order valence-corrected chi connectivity index (χ1v) is 9.43. The summed E-state index contributed by atoms with van der Waals surface area (Å²) in [6, 6.07) is 8.57. The van der Waals surface area contributed by atoms with E-state index in [9.17, 15) is 0 Å². The Balaban J connectivity index is 2.06. The van der Waals surface area contributed by atoms with Crippen LogP contribution in [-0.2, 0) is 6.42 Å². The summed E-state index contributed by atoms with van der Waals surface area (Å²) in [5, 5.41) is 0. The van der Waals surface area contributed by atoms with E-state index in [0.29, 0.717) is 0 Å². The number of nitrogens with zero attached hydrogens (tertiary/aromatic N) is 2. The molecular formula is C21H21N3S. The van der Waals surface area contributed by atoms with E-state index in [0.717, 1.165) is 29.9 Å². The van der Waals surface area contributed by atoms with Gasteiger partial charge in [-0.25, -0.2) is 4.98 Å². The van der Waals surface area contributed by atoms with Crippen molar-refractivity contribution in [1.82, 2.24) is 9.97 Å². The minimum Gasteiger partial charge on any atom is -0.313 e. The van der Waals surface area contributed by atoms with Crippen LogP contribution in [0, 0.1) is 0 Å². The summed E-state index contributed by atoms with van der Waals surface area (Å²) in [7, 11) is 0. The lowest BCUT2D eigenvalue weighted by molar-refractivity contribution is 0.971. The number of aryl methyl sites for hydroxylation is 1. The molecule has 0 saturated heterocycles. The zero-order valence-corrected chi connectivity index (χ0v) is 15.1. The van der Waals surface area contributed by atoms with Gasteiger partial charge >= 0.3 is 0 Å². The number of hydrogen-bond acceptors (Lipinski definition) is 4. The summed E-state index contributed by atoms with van der Waals surface area (Å²) >= 11 is 1.51. The number of aromatic nitrogens is 2. The third-order valence-electron chi connectivity index (χ3n) is 3.96. The summed E-state index contributed by atoms with van der Waals surface area (Å²) in [6.07, 6.45) is 17.8. The highest BCUT2D eigenvalue weighted by Crippen LogP contribution is 2.30. The molecule has 0 amide bonds. The molecule has 0 atom stereocenters. The van der Waals surface area contributed by atoms with E-state index in [-0.39, 0.29) is 0 Å². The first kappa shape index (κ1) is 17.2. The molecule has 25 heavy (non-hydrogen) atoms. The second-order valence-corrected chi connectivity index (χ2v) is 6.32. The fourth-order valence-electron chi connectivity index (χ4n) is 2.85. The average Bonchev–Trinajstić information content (AvgIpc) is 2.80. The Morgan fingerprint density at radius 2 is 2.08 bits per heavy atom. The molecule has 4 heteroatoms. The SMILES string of the molecule is C=C/C=C\C1=CC(=C\c2cncc(NSC)n2)/c2ccccc2CC1. The van der Waals surface area contributed by atoms with Gasteiger partial charge in [0.15, 0.2) is 5.82 Å². The Labute approximate surface area is 153 Å². The number of benzene rings is 1. The molecule has 1 aliphatic carbocycles. The molecular weight excluding hydrogens is 326 g/mol. The second-order valence-electron chi connectivity index (χ2n) is 5.71. The van der Waals surface area contributed by atoms with Gasteiger partial charge in [0.1, 0.15) is 0 Å². The molecule has 0 unspecified atom stereocenters. The number of nitrogens with one attached hydrogen (secondary N) is 1. The van der Waals surface area contributed by atoms with Gasteiger partial charge in [0.2, 0.25) is 0 Å². The molecule has 0 bridgehead atoms. The number of rotatable bonds is 5. The van der Waals surface area contributed by atoms with Crippen molar-refractivity contribution in [2.75, 3.05) is 11.0 Å². The van der Waals surface area contributed by atoms with Crippen LogP contribution in [0.15, 0.2) is 73.1 Å². The number of hydrogen-bond donors (Lipinski definition) is 1. The van der Waals surface area contributed by atoms with Crippen LogP contribution in [-0.4, -0.2) is 16.2 Å². The maximum atomic E-state index is 4.61. The first-order chi connectivity index (χ1) is 12.3. The van der Waals surface area contributed by atoms with E-state index < -0.39 is 0 Å². The molecule has 1 aromatic heterocycles. The van der Waals surface area contributed by atoms with E-state index in [1.165, 1.54) is 28.6 Å². The molecule has 0 radical (unpaired) electrons. The third kappa shape index (κ3) is 4.48. The fraction of sp³-hybridized carbons (Fsp3) is 0.143. The van der Waals surface area contributed by atoms with E-state index in [1.54, 1.807) is 12.4 Å². The van der Waals surface area contributed by atoms with Gasteiger partial charge in [-0.1, -0.05) is 67.1 Å². The molecule has 1 N–H and O–H groups in total. The topological polar surface area (TPSA) is 37.8 Å². The predicted molar refractivity (Wildman–Crippen MR) is 109 cm³/mol. The minimum atomic E-state index is 0.763. The highest BCUT2D eigenvalue weighted by molar-refractivity contribution is 7.99. The summed E-state index contributed by atoms with van der Waals surface area (Å²) < 4.78 is 3.13. The van der Waals surface area contributed by atoms with Crippen LogP contribution < -0.4 is 4.72 Å². The molecule has 1 aliphatic rings. The van der Waals surface area contributed by atoms with Gasteiger partial charge in [-0.05, 0) is 41.2 Å². The third-order valence-corrected chi connectivity index (χ3v) is 4.38. The van der Waals surface area contributed by atoms with Crippen molar-refractivity contribution in [1.29, 1.82) is 0 Å². The standard InChI is InChI=1S/C21H21N3S/c1-3-4-7-16-10-11-17-8-5-6-9-20(17)18(12-16)13-19-14-22-15-21(23-19)24-25-2/h3-9,12-15H,1,10-11H2,2H3,(H,23,24)/b7-4-,18-13+. The van der Waals surface area contributed by atoms with Crippen LogP contribution in [0.1, 0.15) is 23.2 Å². The van der Waals surface area contributed by atoms with Gasteiger partial charge in [0.05, 0.1) is 18.1 Å². The van der Waals surface area contributed by atoms with Gasteiger partial charge in [0.25, 0.3) is 0 Å². The fourth-order valence-corrected chi connectivity index (χ4v) is 3.16. The predicted octanol–water partition coefficient (Wildman–Crippen LogP) is 5.32. The van der Waals surface area contributed by atoms with E-state index in [4.69, 9.17) is 0 Å². The summed E-state index contributed by atoms with van der Waals surface area (Å²) in [4.78, 5) is 8.90. The highest BCUT2D eigenvalue weighted by Gasteiger charge is 2.12. The van der Waals surface area contributed by atoms with Crippen molar-refractivity contribution in [2.45, 2.75) is 12.8 Å². The molecule has 0 spiro atoms. The van der Waals surface area contributed by atoms with Crippen molar-refractivity contribution >= 4 is 29.4 Å². The summed E-state index contributed by atoms with van der Waals surface area (Å²) in [5.74, 6) is 0.763. The van der Waals surface area contributed by atoms with E-state index in [2.05, 4.69) is 63.8 Å². The molecule has 0 fully saturated rings. The van der Waals surface area contributed by atoms with Crippen molar-refractivity contribution in [3.05, 3.63) is 89.9 Å². The van der Waals surface area contributed by atoms with Crippen LogP contribution >= 0.6 is 11.9 Å². The van der Waals surface area contributed by atoms with Gasteiger partial charge in [-0.15, -0.1) is 0 Å². The number of fused-ring (bicyclic) bond motifs is 1. The average molecular weight is 347 g/mol. The van der Waals surface area contributed by atoms with Crippen LogP contribution in [0.3, 0.4) is 0 Å². The molecule has 0 saturated carbocycles. The smallest absolute Gasteiger partial charge is 0.155 e. The Kier molecular flexibility index (Phi) is 5.86. The quantitative estimate of drug-likeness (QED) is 0.586. The second kappa shape index (κ2) is 8.49. The lowest BCUT2D eigenvalue weighted by Gasteiger charge is -2.08. The largest absolute Gasteiger partial charge is 0.313 e. The molecule has 126 valence electrons. The molecule has 3 rings (SSSR count). The number of anilines is 1. The first-order valence-electron chi connectivity index (χ1n) is 8.21. The zero-order valence-electron chi connectivity index (χ0n) is 14.3. The Morgan fingerprint density at radius 1 is 1.20 bits per heavy atom. The van der Waals surface area contributed by atoms with Crippen LogP contribution in [0.25, 0.3) is 11.6 Å². The van der Waals surface area contributed by atoms with Gasteiger partial charge in [-0.2, -0.15) is 0 Å². The Morgan fingerprint density at radius 3 is 2.92 bits per heavy atom. The summed E-state index contributed by atoms with van der Waals surface area (Å²) in [6.45, 7) is 3.77. The van der Waals surface area contributed by atoms with Gasteiger partial charge in [-0.3, -0.25) is 4.98 Å². The van der Waals surface area contributed by atoms with Crippen molar-refractivity contribution in [3.63, 3.8) is 0 Å². The van der Waals surface area contributed by atoms with Crippen molar-refractivity contribution in [2.24, 2.45) is 0 Å². The maximum absolute atomic E-state index is 4.61. The van der Waals surface area contributed by atoms with E-state index >= 15 is 0 Å². The summed E-state index contributed by atoms with van der Waals surface area (Å²) in [5.41, 5.74) is 5.91. The minimum absolute atomic E-state index is 0.763. The highest BCUT2D eigenvalue weighted by atomic mass is 32.2. The molecule has 1 aromatic carbocycles. The Hall–Kier alpha value is -2.59. The molecule has 0 aliphatic heterocycles. The van der Waals surface area contributed by atoms with Gasteiger partial charge in [0, 0.05) is 6.26 Å². The van der Waals surface area contributed by atoms with Crippen molar-refractivity contribution < 1.29 is 0 Å². The molecule has 2 aromatic rings. The monoisotopic (exact) mass is 347 g/mol. The maximum Gasteiger partial charge on any atom is 0.155 e. The van der Waals surface area contributed by atoms with Gasteiger partial charge < -0.3 is 4.72 Å². The Bertz CT molecular complexity index is 850. The van der Waals surface area contributed by atoms with Crippen LogP contribution in [0.4, 0.5) is 5.82 Å². The van der Waals surface area contributed by atoms with Crippen molar-refractivity contribution in [3.8, 4) is 0 Å². The van der Waals surface area contributed by atoms with Crippen LogP contribution in [0.2, 0.25) is 0 Å². The normalized spacial score (nSPS) is 15.6. The number of allylic oxidation sites excluding steroid dienone is 6.